The van der Waals surface area contributed by atoms with Gasteiger partial charge in [0.15, 0.2) is 0 Å². The Bertz CT molecular complexity index is 1190. The average molecular weight is 469 g/mol. The zero-order valence-corrected chi connectivity index (χ0v) is 20.6. The summed E-state index contributed by atoms with van der Waals surface area (Å²) in [6.45, 7) is 8.27. The van der Waals surface area contributed by atoms with E-state index in [9.17, 15) is 13.2 Å². The monoisotopic (exact) mass is 468 g/mol. The molecule has 0 radical (unpaired) electrons. The van der Waals surface area contributed by atoms with Crippen molar-refractivity contribution in [1.29, 1.82) is 0 Å². The molecule has 0 spiro atoms. The van der Waals surface area contributed by atoms with Gasteiger partial charge in [-0.15, -0.1) is 0 Å². The molecule has 2 aromatic rings. The number of nitrogens with zero attached hydrogens (tertiary/aromatic N) is 2. The second-order valence-corrected chi connectivity index (χ2v) is 13.2. The Morgan fingerprint density at radius 3 is 2.06 bits per heavy atom. The minimum Gasteiger partial charge on any atom is -0.326 e. The first-order valence-corrected chi connectivity index (χ1v) is 13.1. The van der Waals surface area contributed by atoms with Crippen LogP contribution >= 0.6 is 0 Å². The number of hydrogen-bond donors (Lipinski definition) is 2. The summed E-state index contributed by atoms with van der Waals surface area (Å²) in [5.41, 5.74) is 2.19. The smallest absolute Gasteiger partial charge is 0.264 e. The van der Waals surface area contributed by atoms with E-state index in [1.807, 2.05) is 0 Å². The lowest BCUT2D eigenvalue weighted by molar-refractivity contribution is -0.165. The summed E-state index contributed by atoms with van der Waals surface area (Å²) < 4.78 is 28.0. The molecule has 1 aromatic carbocycles. The first-order chi connectivity index (χ1) is 15.4. The molecule has 4 aliphatic carbocycles. The Morgan fingerprint density at radius 1 is 0.939 bits per heavy atom. The molecule has 8 heteroatoms. The summed E-state index contributed by atoms with van der Waals surface area (Å²) in [5.74, 6) is 0.767. The van der Waals surface area contributed by atoms with E-state index in [0.29, 0.717) is 23.0 Å². The molecule has 1 amide bonds. The van der Waals surface area contributed by atoms with Crippen LogP contribution in [0.1, 0.15) is 63.8 Å². The van der Waals surface area contributed by atoms with Crippen molar-refractivity contribution in [3.63, 3.8) is 0 Å². The fraction of sp³-hybridized carbons (Fsp3) is 0.560. The van der Waals surface area contributed by atoms with Crippen molar-refractivity contribution < 1.29 is 13.2 Å². The van der Waals surface area contributed by atoms with Gasteiger partial charge in [0.05, 0.1) is 10.3 Å². The maximum atomic E-state index is 13.5. The summed E-state index contributed by atoms with van der Waals surface area (Å²) in [6, 6.07) is 8.09. The SMILES string of the molecule is Cc1cc(C)nc(NS(=O)(=O)c2ccc(NC(=O)C34CC5CC(C)(CC(C)(C5)C3)C4)cc2)n1. The van der Waals surface area contributed by atoms with Crippen molar-refractivity contribution in [2.24, 2.45) is 22.2 Å². The molecule has 4 saturated carbocycles. The van der Waals surface area contributed by atoms with Crippen LogP contribution in [0.5, 0.6) is 0 Å². The molecule has 4 bridgehead atoms. The van der Waals surface area contributed by atoms with Crippen LogP contribution in [0.4, 0.5) is 11.6 Å². The number of benzene rings is 1. The number of aromatic nitrogens is 2. The third kappa shape index (κ3) is 4.14. The molecule has 2 atom stereocenters. The lowest BCUT2D eigenvalue weighted by Gasteiger charge is -2.64. The molecule has 1 heterocycles. The van der Waals surface area contributed by atoms with Crippen LogP contribution in [0.15, 0.2) is 35.2 Å². The van der Waals surface area contributed by atoms with Crippen molar-refractivity contribution >= 4 is 27.6 Å². The summed E-state index contributed by atoms with van der Waals surface area (Å²) in [4.78, 5) is 21.9. The highest BCUT2D eigenvalue weighted by molar-refractivity contribution is 7.92. The predicted octanol–water partition coefficient (Wildman–Crippen LogP) is 4.83. The molecule has 0 saturated heterocycles. The molecule has 1 aromatic heterocycles. The Hall–Kier alpha value is -2.48. The van der Waals surface area contributed by atoms with Crippen molar-refractivity contribution in [3.8, 4) is 0 Å². The summed E-state index contributed by atoms with van der Waals surface area (Å²) in [6.07, 6.45) is 6.56. The van der Waals surface area contributed by atoms with Gasteiger partial charge in [-0.1, -0.05) is 13.8 Å². The molecule has 7 nitrogen and oxygen atoms in total. The van der Waals surface area contributed by atoms with Gasteiger partial charge in [0, 0.05) is 17.1 Å². The van der Waals surface area contributed by atoms with Gasteiger partial charge >= 0.3 is 0 Å². The fourth-order valence-corrected chi connectivity index (χ4v) is 8.58. The molecule has 33 heavy (non-hydrogen) atoms. The number of carbonyl (C=O) groups excluding carboxylic acids is 1. The molecular formula is C25H32N4O3S. The Morgan fingerprint density at radius 2 is 1.52 bits per heavy atom. The Balaban J connectivity index is 1.31. The predicted molar refractivity (Wildman–Crippen MR) is 127 cm³/mol. The zero-order chi connectivity index (χ0) is 23.6. The van der Waals surface area contributed by atoms with Crippen molar-refractivity contribution in [2.75, 3.05) is 10.0 Å². The molecule has 6 rings (SSSR count). The van der Waals surface area contributed by atoms with Gasteiger partial charge in [0.1, 0.15) is 0 Å². The third-order valence-corrected chi connectivity index (χ3v) is 9.08. The number of aryl methyl sites for hydroxylation is 2. The highest BCUT2D eigenvalue weighted by Crippen LogP contribution is 2.69. The van der Waals surface area contributed by atoms with Gasteiger partial charge in [0.2, 0.25) is 11.9 Å². The van der Waals surface area contributed by atoms with Gasteiger partial charge < -0.3 is 5.32 Å². The number of rotatable bonds is 5. The summed E-state index contributed by atoms with van der Waals surface area (Å²) >= 11 is 0. The molecular weight excluding hydrogens is 436 g/mol. The van der Waals surface area contributed by atoms with E-state index in [0.717, 1.165) is 19.3 Å². The highest BCUT2D eigenvalue weighted by atomic mass is 32.2. The van der Waals surface area contributed by atoms with Crippen LogP contribution in [0, 0.1) is 36.0 Å². The zero-order valence-electron chi connectivity index (χ0n) is 19.7. The number of nitrogens with one attached hydrogen (secondary N) is 2. The van der Waals surface area contributed by atoms with Crippen molar-refractivity contribution in [3.05, 3.63) is 41.7 Å². The van der Waals surface area contributed by atoms with Gasteiger partial charge in [0.25, 0.3) is 10.0 Å². The normalized spacial score (nSPS) is 32.5. The number of sulfonamides is 1. The summed E-state index contributed by atoms with van der Waals surface area (Å²) in [5, 5.41) is 3.10. The minimum atomic E-state index is -3.83. The molecule has 176 valence electrons. The maximum absolute atomic E-state index is 13.5. The lowest BCUT2D eigenvalue weighted by atomic mass is 9.40. The summed E-state index contributed by atoms with van der Waals surface area (Å²) in [7, 11) is -3.83. The number of amides is 1. The van der Waals surface area contributed by atoms with Crippen molar-refractivity contribution in [1.82, 2.24) is 9.97 Å². The van der Waals surface area contributed by atoms with Crippen LogP contribution in [-0.2, 0) is 14.8 Å². The van der Waals surface area contributed by atoms with E-state index in [4.69, 9.17) is 0 Å². The Labute approximate surface area is 195 Å². The van der Waals surface area contributed by atoms with Gasteiger partial charge in [-0.25, -0.2) is 23.1 Å². The quantitative estimate of drug-likeness (QED) is 0.655. The molecule has 2 N–H and O–H groups in total. The highest BCUT2D eigenvalue weighted by Gasteiger charge is 2.62. The maximum Gasteiger partial charge on any atom is 0.264 e. The van der Waals surface area contributed by atoms with Gasteiger partial charge in [-0.3, -0.25) is 4.79 Å². The standard InChI is InChI=1S/C25H32N4O3S/c1-16-9-17(2)27-22(26-16)29-33(31,32)20-7-5-19(6-8-20)28-21(30)25-12-18-10-23(3,14-25)13-24(4,11-18)15-25/h5-9,18H,10-15H2,1-4H3,(H,28,30)(H,26,27,29). The van der Waals surface area contributed by atoms with E-state index < -0.39 is 10.0 Å². The van der Waals surface area contributed by atoms with Crippen molar-refractivity contribution in [2.45, 2.75) is 71.1 Å². The fourth-order valence-electron chi connectivity index (χ4n) is 7.63. The topological polar surface area (TPSA) is 101 Å². The molecule has 4 fully saturated rings. The average Bonchev–Trinajstić information content (AvgIpc) is 2.64. The van der Waals surface area contributed by atoms with E-state index in [1.165, 1.54) is 31.4 Å². The second kappa shape index (κ2) is 7.26. The van der Waals surface area contributed by atoms with E-state index in [2.05, 4.69) is 33.9 Å². The first-order valence-electron chi connectivity index (χ1n) is 11.6. The molecule has 2 unspecified atom stereocenters. The largest absolute Gasteiger partial charge is 0.326 e. The second-order valence-electron chi connectivity index (χ2n) is 11.5. The van der Waals surface area contributed by atoms with Crippen LogP contribution in [0.25, 0.3) is 0 Å². The number of hydrogen-bond acceptors (Lipinski definition) is 5. The molecule has 4 aliphatic rings. The van der Waals surface area contributed by atoms with E-state index in [-0.39, 0.29) is 33.0 Å². The minimum absolute atomic E-state index is 0.0497. The van der Waals surface area contributed by atoms with Crippen LogP contribution in [-0.4, -0.2) is 24.3 Å². The first kappa shape index (κ1) is 22.3. The molecule has 0 aliphatic heterocycles. The third-order valence-electron chi connectivity index (χ3n) is 7.74. The van der Waals surface area contributed by atoms with Crippen LogP contribution in [0.3, 0.4) is 0 Å². The lowest BCUT2D eigenvalue weighted by Crippen LogP contribution is -2.58. The number of carbonyl (C=O) groups is 1. The van der Waals surface area contributed by atoms with E-state index in [1.54, 1.807) is 32.0 Å². The Kier molecular flexibility index (Phi) is 4.91. The number of anilines is 2. The van der Waals surface area contributed by atoms with Gasteiger partial charge in [-0.05, 0) is 99.5 Å². The van der Waals surface area contributed by atoms with Gasteiger partial charge in [-0.2, -0.15) is 0 Å². The van der Waals surface area contributed by atoms with Crippen LogP contribution < -0.4 is 10.0 Å². The van der Waals surface area contributed by atoms with E-state index >= 15 is 0 Å². The van der Waals surface area contributed by atoms with Crippen LogP contribution in [0.2, 0.25) is 0 Å².